The maximum atomic E-state index is 13.4. The second-order valence-electron chi connectivity index (χ2n) is 12.7. The van der Waals surface area contributed by atoms with Crippen LogP contribution >= 0.6 is 0 Å². The highest BCUT2D eigenvalue weighted by Gasteiger charge is 2.48. The molecule has 1 amide bonds. The maximum absolute atomic E-state index is 13.4. The number of rotatable bonds is 6. The van der Waals surface area contributed by atoms with Crippen LogP contribution in [0.4, 0.5) is 5.69 Å². The van der Waals surface area contributed by atoms with Crippen LogP contribution < -0.4 is 10.5 Å². The number of carbonyl (C=O) groups is 1. The molecule has 40 heavy (non-hydrogen) atoms. The molecule has 3 aliphatic heterocycles. The summed E-state index contributed by atoms with van der Waals surface area (Å²) in [6.07, 6.45) is 8.18. The first-order valence-corrected chi connectivity index (χ1v) is 14.7. The van der Waals surface area contributed by atoms with Gasteiger partial charge in [-0.15, -0.1) is 0 Å². The Morgan fingerprint density at radius 1 is 1.07 bits per heavy atom. The van der Waals surface area contributed by atoms with E-state index in [4.69, 9.17) is 4.74 Å². The average Bonchev–Trinajstić information content (AvgIpc) is 3.54. The molecule has 0 atom stereocenters. The van der Waals surface area contributed by atoms with Gasteiger partial charge in [-0.25, -0.2) is 9.67 Å². The first-order chi connectivity index (χ1) is 19.3. The van der Waals surface area contributed by atoms with E-state index in [1.807, 2.05) is 24.0 Å². The number of aromatic nitrogens is 4. The molecule has 1 aromatic carbocycles. The van der Waals surface area contributed by atoms with E-state index in [9.17, 15) is 14.7 Å². The molecule has 212 valence electrons. The predicted octanol–water partition coefficient (Wildman–Crippen LogP) is 2.60. The molecule has 4 fully saturated rings. The third-order valence-corrected chi connectivity index (χ3v) is 9.80. The second-order valence-corrected chi connectivity index (χ2v) is 12.7. The molecule has 5 heterocycles. The van der Waals surface area contributed by atoms with Gasteiger partial charge in [0, 0.05) is 50.5 Å². The SMILES string of the molecule is CC1(C(=O)N2CCC(O)(Cn3cnc4c(cnn4-c4cccc(N5CC(C6CCOCC6)C5)c4)c3=O)CC2)CC1. The summed E-state index contributed by atoms with van der Waals surface area (Å²) in [7, 11) is 0. The summed E-state index contributed by atoms with van der Waals surface area (Å²) in [5.41, 5.74) is 1.06. The lowest BCUT2D eigenvalue weighted by molar-refractivity contribution is -0.141. The van der Waals surface area contributed by atoms with Gasteiger partial charge < -0.3 is 19.6 Å². The highest BCUT2D eigenvalue weighted by Crippen LogP contribution is 2.47. The molecule has 1 N–H and O–H groups in total. The molecule has 0 radical (unpaired) electrons. The number of amides is 1. The largest absolute Gasteiger partial charge is 0.388 e. The van der Waals surface area contributed by atoms with Gasteiger partial charge in [-0.3, -0.25) is 14.2 Å². The molecule has 0 unspecified atom stereocenters. The van der Waals surface area contributed by atoms with E-state index < -0.39 is 5.60 Å². The van der Waals surface area contributed by atoms with Crippen molar-refractivity contribution in [3.63, 3.8) is 0 Å². The van der Waals surface area contributed by atoms with Crippen LogP contribution in [0.3, 0.4) is 0 Å². The summed E-state index contributed by atoms with van der Waals surface area (Å²) in [5, 5.41) is 16.2. The molecule has 1 aliphatic carbocycles. The molecule has 1 saturated carbocycles. The minimum Gasteiger partial charge on any atom is -0.388 e. The molecule has 4 aliphatic rings. The quantitative estimate of drug-likeness (QED) is 0.507. The minimum atomic E-state index is -1.05. The predicted molar refractivity (Wildman–Crippen MR) is 150 cm³/mol. The molecule has 10 heteroatoms. The van der Waals surface area contributed by atoms with Crippen LogP contribution in [-0.4, -0.2) is 80.2 Å². The molecular formula is C30H38N6O4. The Morgan fingerprint density at radius 3 is 2.52 bits per heavy atom. The Balaban J connectivity index is 1.05. The summed E-state index contributed by atoms with van der Waals surface area (Å²) in [6, 6.07) is 8.25. The highest BCUT2D eigenvalue weighted by molar-refractivity contribution is 5.85. The van der Waals surface area contributed by atoms with Crippen LogP contribution in [0.5, 0.6) is 0 Å². The van der Waals surface area contributed by atoms with Crippen LogP contribution in [0, 0.1) is 17.3 Å². The maximum Gasteiger partial charge on any atom is 0.264 e. The Morgan fingerprint density at radius 2 is 1.80 bits per heavy atom. The fourth-order valence-corrected chi connectivity index (χ4v) is 6.66. The molecule has 10 nitrogen and oxygen atoms in total. The fraction of sp³-hybridized carbons (Fsp3) is 0.600. The Kier molecular flexibility index (Phi) is 6.23. The van der Waals surface area contributed by atoms with Crippen LogP contribution in [0.2, 0.25) is 0 Å². The van der Waals surface area contributed by atoms with Crippen molar-refractivity contribution < 1.29 is 14.6 Å². The number of aliphatic hydroxyl groups is 1. The third kappa shape index (κ3) is 4.60. The van der Waals surface area contributed by atoms with Crippen molar-refractivity contribution in [3.8, 4) is 5.69 Å². The number of ether oxygens (including phenoxy) is 1. The zero-order valence-corrected chi connectivity index (χ0v) is 23.2. The van der Waals surface area contributed by atoms with E-state index in [0.717, 1.165) is 75.2 Å². The van der Waals surface area contributed by atoms with Gasteiger partial charge >= 0.3 is 0 Å². The molecular weight excluding hydrogens is 508 g/mol. The van der Waals surface area contributed by atoms with Crippen LogP contribution in [0.1, 0.15) is 45.4 Å². The van der Waals surface area contributed by atoms with E-state index in [1.165, 1.54) is 10.9 Å². The zero-order chi connectivity index (χ0) is 27.5. The van der Waals surface area contributed by atoms with Crippen molar-refractivity contribution in [2.45, 2.75) is 57.6 Å². The summed E-state index contributed by atoms with van der Waals surface area (Å²) < 4.78 is 8.73. The highest BCUT2D eigenvalue weighted by atomic mass is 16.5. The standard InChI is InChI=1S/C30H38N6O4/c1-29(7-8-29)28(38)33-11-9-30(39,10-12-33)19-35-20-31-26-25(27(35)37)16-32-36(26)24-4-2-3-23(15-24)34-17-22(18-34)21-5-13-40-14-6-21/h2-4,15-16,20-22,39H,5-14,17-19H2,1H3. The topological polar surface area (TPSA) is 106 Å². The first-order valence-electron chi connectivity index (χ1n) is 14.7. The summed E-state index contributed by atoms with van der Waals surface area (Å²) in [6.45, 7) is 7.08. The number of fused-ring (bicyclic) bond motifs is 1. The molecule has 0 spiro atoms. The number of piperidine rings is 1. The van der Waals surface area contributed by atoms with Gasteiger partial charge in [0.1, 0.15) is 11.7 Å². The number of nitrogens with zero attached hydrogens (tertiary/aromatic N) is 6. The van der Waals surface area contributed by atoms with Crippen LogP contribution in [-0.2, 0) is 16.1 Å². The van der Waals surface area contributed by atoms with Crippen molar-refractivity contribution in [3.05, 3.63) is 47.1 Å². The summed E-state index contributed by atoms with van der Waals surface area (Å²) in [5.74, 6) is 1.68. The lowest BCUT2D eigenvalue weighted by atomic mass is 9.81. The van der Waals surface area contributed by atoms with Crippen molar-refractivity contribution in [2.24, 2.45) is 17.3 Å². The average molecular weight is 547 g/mol. The number of likely N-dealkylation sites (tertiary alicyclic amines) is 1. The normalized spacial score (nSPS) is 22.9. The van der Waals surface area contributed by atoms with Gasteiger partial charge in [-0.1, -0.05) is 13.0 Å². The van der Waals surface area contributed by atoms with Crippen molar-refractivity contribution >= 4 is 22.6 Å². The van der Waals surface area contributed by atoms with Crippen molar-refractivity contribution in [2.75, 3.05) is 44.3 Å². The first kappa shape index (κ1) is 25.7. The number of benzene rings is 1. The van der Waals surface area contributed by atoms with E-state index in [1.54, 1.807) is 10.9 Å². The fourth-order valence-electron chi connectivity index (χ4n) is 6.66. The van der Waals surface area contributed by atoms with E-state index in [2.05, 4.69) is 27.1 Å². The molecule has 0 bridgehead atoms. The van der Waals surface area contributed by atoms with E-state index in [0.29, 0.717) is 37.0 Å². The molecule has 3 aromatic rings. The van der Waals surface area contributed by atoms with Crippen molar-refractivity contribution in [1.29, 1.82) is 0 Å². The van der Waals surface area contributed by atoms with E-state index in [-0.39, 0.29) is 23.4 Å². The van der Waals surface area contributed by atoms with Gasteiger partial charge in [0.05, 0.1) is 24.0 Å². The number of carbonyl (C=O) groups excluding carboxylic acids is 1. The summed E-state index contributed by atoms with van der Waals surface area (Å²) >= 11 is 0. The van der Waals surface area contributed by atoms with Gasteiger partial charge in [0.2, 0.25) is 5.91 Å². The van der Waals surface area contributed by atoms with Crippen LogP contribution in [0.15, 0.2) is 41.6 Å². The van der Waals surface area contributed by atoms with Crippen LogP contribution in [0.25, 0.3) is 16.7 Å². The van der Waals surface area contributed by atoms with Gasteiger partial charge in [-0.05, 0) is 68.6 Å². The van der Waals surface area contributed by atoms with Gasteiger partial charge in [0.25, 0.3) is 5.56 Å². The van der Waals surface area contributed by atoms with Gasteiger partial charge in [-0.2, -0.15) is 5.10 Å². The number of hydrogen-bond donors (Lipinski definition) is 1. The Hall–Kier alpha value is -3.24. The minimum absolute atomic E-state index is 0.151. The third-order valence-electron chi connectivity index (χ3n) is 9.80. The molecule has 2 aromatic heterocycles. The van der Waals surface area contributed by atoms with Crippen molar-refractivity contribution in [1.82, 2.24) is 24.2 Å². The summed E-state index contributed by atoms with van der Waals surface area (Å²) in [4.78, 5) is 35.0. The molecule has 7 rings (SSSR count). The monoisotopic (exact) mass is 546 g/mol. The molecule has 3 saturated heterocycles. The van der Waals surface area contributed by atoms with Gasteiger partial charge in [0.15, 0.2) is 5.65 Å². The van der Waals surface area contributed by atoms with E-state index >= 15 is 0 Å². The lowest BCUT2D eigenvalue weighted by Crippen LogP contribution is -2.51. The lowest BCUT2D eigenvalue weighted by Gasteiger charge is -2.46. The Bertz CT molecular complexity index is 1470. The second kappa shape index (κ2) is 9.69. The number of anilines is 1. The Labute approximate surface area is 233 Å². The smallest absolute Gasteiger partial charge is 0.264 e. The number of hydrogen-bond acceptors (Lipinski definition) is 7. The zero-order valence-electron chi connectivity index (χ0n) is 23.2.